The van der Waals surface area contributed by atoms with Gasteiger partial charge in [0.1, 0.15) is 6.61 Å². The van der Waals surface area contributed by atoms with Gasteiger partial charge in [-0.05, 0) is 62.1 Å². The van der Waals surface area contributed by atoms with E-state index in [1.807, 2.05) is 30.6 Å². The fraction of sp³-hybridized carbons (Fsp3) is 0.407. The van der Waals surface area contributed by atoms with E-state index >= 15 is 0 Å². The second kappa shape index (κ2) is 10.3. The maximum atomic E-state index is 12.5. The van der Waals surface area contributed by atoms with Gasteiger partial charge in [-0.15, -0.1) is 0 Å². The van der Waals surface area contributed by atoms with E-state index in [1.165, 1.54) is 5.39 Å². The first kappa shape index (κ1) is 21.9. The SMILES string of the molecule is O=C(OCC1CCCO1)c1cccc(CN2CCCC(Nc3cccc4cnccc34)C2)c1. The topological polar surface area (TPSA) is 63.7 Å². The van der Waals surface area contributed by atoms with Gasteiger partial charge in [-0.2, -0.15) is 0 Å². The molecule has 2 aromatic carbocycles. The van der Waals surface area contributed by atoms with Gasteiger partial charge >= 0.3 is 5.97 Å². The van der Waals surface area contributed by atoms with Gasteiger partial charge in [-0.1, -0.05) is 24.3 Å². The summed E-state index contributed by atoms with van der Waals surface area (Å²) in [5.41, 5.74) is 2.91. The number of piperidine rings is 1. The second-order valence-electron chi connectivity index (χ2n) is 9.05. The maximum Gasteiger partial charge on any atom is 0.338 e. The van der Waals surface area contributed by atoms with Crippen LogP contribution in [0.2, 0.25) is 0 Å². The number of carbonyl (C=O) groups is 1. The van der Waals surface area contributed by atoms with Gasteiger partial charge in [0, 0.05) is 54.6 Å². The van der Waals surface area contributed by atoms with E-state index in [0.29, 0.717) is 18.2 Å². The van der Waals surface area contributed by atoms with Crippen LogP contribution in [0.4, 0.5) is 5.69 Å². The van der Waals surface area contributed by atoms with E-state index < -0.39 is 0 Å². The minimum atomic E-state index is -0.268. The van der Waals surface area contributed by atoms with Crippen molar-refractivity contribution in [1.29, 1.82) is 0 Å². The number of nitrogens with one attached hydrogen (secondary N) is 1. The zero-order valence-corrected chi connectivity index (χ0v) is 18.9. The van der Waals surface area contributed by atoms with Crippen LogP contribution >= 0.6 is 0 Å². The molecule has 0 aliphatic carbocycles. The first-order chi connectivity index (χ1) is 16.2. The quantitative estimate of drug-likeness (QED) is 0.534. The molecule has 2 aliphatic rings. The summed E-state index contributed by atoms with van der Waals surface area (Å²) in [5.74, 6) is -0.268. The fourth-order valence-electron chi connectivity index (χ4n) is 4.87. The molecule has 0 radical (unpaired) electrons. The Labute approximate surface area is 194 Å². The van der Waals surface area contributed by atoms with Crippen LogP contribution in [0, 0.1) is 0 Å². The number of pyridine rings is 1. The van der Waals surface area contributed by atoms with Crippen LogP contribution in [-0.4, -0.2) is 54.3 Å². The van der Waals surface area contributed by atoms with Crippen LogP contribution in [-0.2, 0) is 16.0 Å². The molecule has 0 saturated carbocycles. The van der Waals surface area contributed by atoms with Crippen LogP contribution < -0.4 is 5.32 Å². The van der Waals surface area contributed by atoms with Gasteiger partial charge in [0.15, 0.2) is 0 Å². The Balaban J connectivity index is 1.19. The van der Waals surface area contributed by atoms with Crippen molar-refractivity contribution in [3.05, 3.63) is 72.1 Å². The van der Waals surface area contributed by atoms with Crippen molar-refractivity contribution in [2.45, 2.75) is 44.4 Å². The molecule has 1 N–H and O–H groups in total. The lowest BCUT2D eigenvalue weighted by Crippen LogP contribution is -2.41. The lowest BCUT2D eigenvalue weighted by atomic mass is 10.0. The Bertz CT molecular complexity index is 1090. The van der Waals surface area contributed by atoms with Crippen LogP contribution in [0.25, 0.3) is 10.8 Å². The molecule has 2 unspecified atom stereocenters. The highest BCUT2D eigenvalue weighted by Gasteiger charge is 2.21. The highest BCUT2D eigenvalue weighted by molar-refractivity contribution is 5.93. The van der Waals surface area contributed by atoms with Crippen molar-refractivity contribution in [2.75, 3.05) is 31.6 Å². The van der Waals surface area contributed by atoms with E-state index in [0.717, 1.165) is 68.6 Å². The first-order valence-electron chi connectivity index (χ1n) is 11.9. The van der Waals surface area contributed by atoms with Crippen LogP contribution in [0.5, 0.6) is 0 Å². The zero-order chi connectivity index (χ0) is 22.5. The predicted octanol–water partition coefficient (Wildman–Crippen LogP) is 4.65. The van der Waals surface area contributed by atoms with Gasteiger partial charge in [-0.3, -0.25) is 9.88 Å². The fourth-order valence-corrected chi connectivity index (χ4v) is 4.87. The van der Waals surface area contributed by atoms with E-state index in [1.54, 1.807) is 0 Å². The summed E-state index contributed by atoms with van der Waals surface area (Å²) >= 11 is 0. The Hall–Kier alpha value is -2.96. The van der Waals surface area contributed by atoms with E-state index in [9.17, 15) is 4.79 Å². The molecule has 2 saturated heterocycles. The number of rotatable bonds is 7. The van der Waals surface area contributed by atoms with Crippen molar-refractivity contribution >= 4 is 22.4 Å². The van der Waals surface area contributed by atoms with E-state index in [2.05, 4.69) is 45.5 Å². The summed E-state index contributed by atoms with van der Waals surface area (Å²) in [5, 5.41) is 6.12. The summed E-state index contributed by atoms with van der Waals surface area (Å²) in [6.07, 6.45) is 8.11. The summed E-state index contributed by atoms with van der Waals surface area (Å²) in [4.78, 5) is 19.2. The summed E-state index contributed by atoms with van der Waals surface area (Å²) < 4.78 is 11.0. The lowest BCUT2D eigenvalue weighted by molar-refractivity contribution is 0.0161. The summed E-state index contributed by atoms with van der Waals surface area (Å²) in [7, 11) is 0. The number of esters is 1. The largest absolute Gasteiger partial charge is 0.459 e. The highest BCUT2D eigenvalue weighted by atomic mass is 16.6. The third kappa shape index (κ3) is 5.52. The van der Waals surface area contributed by atoms with Gasteiger partial charge in [0.25, 0.3) is 0 Å². The van der Waals surface area contributed by atoms with Crippen molar-refractivity contribution < 1.29 is 14.3 Å². The Morgan fingerprint density at radius 3 is 3.00 bits per heavy atom. The van der Waals surface area contributed by atoms with Crippen molar-refractivity contribution in [1.82, 2.24) is 9.88 Å². The number of likely N-dealkylation sites (tertiary alicyclic amines) is 1. The molecule has 172 valence electrons. The number of carbonyl (C=O) groups excluding carboxylic acids is 1. The van der Waals surface area contributed by atoms with Crippen LogP contribution in [0.3, 0.4) is 0 Å². The third-order valence-electron chi connectivity index (χ3n) is 6.54. The zero-order valence-electron chi connectivity index (χ0n) is 18.9. The molecule has 0 bridgehead atoms. The number of hydrogen-bond acceptors (Lipinski definition) is 6. The third-order valence-corrected chi connectivity index (χ3v) is 6.54. The van der Waals surface area contributed by atoms with Crippen molar-refractivity contribution in [2.24, 2.45) is 0 Å². The number of hydrogen-bond donors (Lipinski definition) is 1. The molecule has 6 nitrogen and oxygen atoms in total. The number of aromatic nitrogens is 1. The normalized spacial score (nSPS) is 21.2. The number of nitrogens with zero attached hydrogens (tertiary/aromatic N) is 2. The summed E-state index contributed by atoms with van der Waals surface area (Å²) in [6, 6.07) is 16.6. The molecule has 5 rings (SSSR count). The molecule has 2 aliphatic heterocycles. The average Bonchev–Trinajstić information content (AvgIpc) is 3.37. The Morgan fingerprint density at radius 2 is 2.09 bits per heavy atom. The number of ether oxygens (including phenoxy) is 2. The van der Waals surface area contributed by atoms with Crippen LogP contribution in [0.15, 0.2) is 60.9 Å². The maximum absolute atomic E-state index is 12.5. The van der Waals surface area contributed by atoms with Crippen LogP contribution in [0.1, 0.15) is 41.6 Å². The number of anilines is 1. The van der Waals surface area contributed by atoms with E-state index in [4.69, 9.17) is 9.47 Å². The molecule has 0 amide bonds. The molecular formula is C27H31N3O3. The average molecular weight is 446 g/mol. The monoisotopic (exact) mass is 445 g/mol. The van der Waals surface area contributed by atoms with Gasteiger partial charge in [0.2, 0.25) is 0 Å². The molecule has 3 aromatic rings. The van der Waals surface area contributed by atoms with E-state index in [-0.39, 0.29) is 12.1 Å². The smallest absolute Gasteiger partial charge is 0.338 e. The minimum Gasteiger partial charge on any atom is -0.459 e. The predicted molar refractivity (Wildman–Crippen MR) is 129 cm³/mol. The Morgan fingerprint density at radius 1 is 1.15 bits per heavy atom. The molecule has 1 aromatic heterocycles. The van der Waals surface area contributed by atoms with Crippen molar-refractivity contribution in [3.8, 4) is 0 Å². The Kier molecular flexibility index (Phi) is 6.84. The molecule has 0 spiro atoms. The molecule has 3 heterocycles. The van der Waals surface area contributed by atoms with Gasteiger partial charge in [-0.25, -0.2) is 4.79 Å². The highest BCUT2D eigenvalue weighted by Crippen LogP contribution is 2.25. The minimum absolute atomic E-state index is 0.0490. The van der Waals surface area contributed by atoms with Gasteiger partial charge in [0.05, 0.1) is 11.7 Å². The second-order valence-corrected chi connectivity index (χ2v) is 9.05. The molecule has 6 heteroatoms. The van der Waals surface area contributed by atoms with Crippen molar-refractivity contribution in [3.63, 3.8) is 0 Å². The molecule has 33 heavy (non-hydrogen) atoms. The number of fused-ring (bicyclic) bond motifs is 1. The van der Waals surface area contributed by atoms with Gasteiger partial charge < -0.3 is 14.8 Å². The molecule has 2 atom stereocenters. The lowest BCUT2D eigenvalue weighted by Gasteiger charge is -2.34. The number of benzene rings is 2. The summed E-state index contributed by atoms with van der Waals surface area (Å²) in [6.45, 7) is 3.96. The molecule has 2 fully saturated rings. The molecular weight excluding hydrogens is 414 g/mol. The first-order valence-corrected chi connectivity index (χ1v) is 11.9. The standard InChI is InChI=1S/C27H31N3O3/c31-27(33-19-24-9-4-14-32-24)21-6-1-5-20(15-21)17-30-13-3-8-23(18-30)29-26-10-2-7-22-16-28-12-11-25(22)26/h1-2,5-7,10-12,15-16,23-24,29H,3-4,8-9,13-14,17-19H2.